The van der Waals surface area contributed by atoms with Gasteiger partial charge in [-0.3, -0.25) is 4.40 Å². The van der Waals surface area contributed by atoms with Crippen molar-refractivity contribution in [2.75, 3.05) is 0 Å². The van der Waals surface area contributed by atoms with E-state index in [2.05, 4.69) is 59.0 Å². The van der Waals surface area contributed by atoms with Crippen LogP contribution in [0.5, 0.6) is 0 Å². The summed E-state index contributed by atoms with van der Waals surface area (Å²) in [7, 11) is 0. The SMILES string of the molecule is Cc1ccc2c3cccc4c5ccccc5n(c2n1)c43. The lowest BCUT2D eigenvalue weighted by Crippen LogP contribution is -1.86. The van der Waals surface area contributed by atoms with Crippen LogP contribution in [0.1, 0.15) is 5.69 Å². The van der Waals surface area contributed by atoms with E-state index in [1.807, 2.05) is 6.92 Å². The third kappa shape index (κ3) is 1.04. The zero-order valence-electron chi connectivity index (χ0n) is 11.1. The molecule has 5 aromatic rings. The Morgan fingerprint density at radius 3 is 2.40 bits per heavy atom. The summed E-state index contributed by atoms with van der Waals surface area (Å²) in [6, 6.07) is 19.4. The molecule has 0 aliphatic heterocycles. The molecular weight excluding hydrogens is 244 g/mol. The van der Waals surface area contributed by atoms with Gasteiger partial charge in [-0.1, -0.05) is 36.4 Å². The molecule has 0 unspecified atom stereocenters. The van der Waals surface area contributed by atoms with Crippen molar-refractivity contribution in [2.45, 2.75) is 6.92 Å². The van der Waals surface area contributed by atoms with E-state index in [4.69, 9.17) is 4.98 Å². The van der Waals surface area contributed by atoms with Crippen molar-refractivity contribution in [1.29, 1.82) is 0 Å². The second-order valence-corrected chi connectivity index (χ2v) is 5.38. The lowest BCUT2D eigenvalue weighted by atomic mass is 10.1. The lowest BCUT2D eigenvalue weighted by Gasteiger charge is -1.97. The highest BCUT2D eigenvalue weighted by Gasteiger charge is 2.16. The minimum Gasteiger partial charge on any atom is -0.293 e. The van der Waals surface area contributed by atoms with E-state index < -0.39 is 0 Å². The predicted octanol–water partition coefficient (Wildman–Crippen LogP) is 4.54. The molecule has 2 nitrogen and oxygen atoms in total. The van der Waals surface area contributed by atoms with Crippen LogP contribution in [0.2, 0.25) is 0 Å². The molecule has 0 amide bonds. The first-order valence-electron chi connectivity index (χ1n) is 6.85. The third-order valence-electron chi connectivity index (χ3n) is 4.21. The maximum Gasteiger partial charge on any atom is 0.145 e. The maximum atomic E-state index is 4.78. The summed E-state index contributed by atoms with van der Waals surface area (Å²) in [6.45, 7) is 2.05. The van der Waals surface area contributed by atoms with E-state index in [-0.39, 0.29) is 0 Å². The fraction of sp³-hybridized carbons (Fsp3) is 0.0556. The van der Waals surface area contributed by atoms with Gasteiger partial charge in [-0.15, -0.1) is 0 Å². The normalized spacial score (nSPS) is 12.2. The van der Waals surface area contributed by atoms with Gasteiger partial charge >= 0.3 is 0 Å². The molecule has 0 saturated carbocycles. The fourth-order valence-corrected chi connectivity index (χ4v) is 3.38. The van der Waals surface area contributed by atoms with Gasteiger partial charge < -0.3 is 0 Å². The molecule has 0 spiro atoms. The Morgan fingerprint density at radius 2 is 1.50 bits per heavy atom. The van der Waals surface area contributed by atoms with E-state index in [0.29, 0.717) is 0 Å². The second-order valence-electron chi connectivity index (χ2n) is 5.38. The summed E-state index contributed by atoms with van der Waals surface area (Å²) < 4.78 is 2.31. The van der Waals surface area contributed by atoms with E-state index in [9.17, 15) is 0 Å². The molecule has 0 atom stereocenters. The van der Waals surface area contributed by atoms with Crippen LogP contribution < -0.4 is 0 Å². The van der Waals surface area contributed by atoms with Crippen molar-refractivity contribution in [3.8, 4) is 0 Å². The summed E-state index contributed by atoms with van der Waals surface area (Å²) in [5, 5.41) is 5.15. The Balaban J connectivity index is 2.28. The Labute approximate surface area is 115 Å². The number of fused-ring (bicyclic) bond motifs is 6. The zero-order chi connectivity index (χ0) is 13.3. The highest BCUT2D eigenvalue weighted by Crippen LogP contribution is 2.37. The van der Waals surface area contributed by atoms with E-state index >= 15 is 0 Å². The smallest absolute Gasteiger partial charge is 0.145 e. The molecule has 0 bridgehead atoms. The molecule has 3 aromatic heterocycles. The van der Waals surface area contributed by atoms with Crippen LogP contribution in [0.25, 0.3) is 38.2 Å². The molecule has 20 heavy (non-hydrogen) atoms. The molecule has 0 radical (unpaired) electrons. The van der Waals surface area contributed by atoms with Crippen LogP contribution in [0, 0.1) is 6.92 Å². The van der Waals surface area contributed by atoms with Crippen LogP contribution in [0.3, 0.4) is 0 Å². The number of hydrogen-bond acceptors (Lipinski definition) is 1. The van der Waals surface area contributed by atoms with Gasteiger partial charge in [-0.05, 0) is 25.1 Å². The standard InChI is InChI=1S/C18H12N2/c1-11-9-10-15-14-7-4-6-13-12-5-2-3-8-16(12)20(17(13)14)18(15)19-11/h2-10H,1H3. The Kier molecular flexibility index (Phi) is 1.68. The van der Waals surface area contributed by atoms with Gasteiger partial charge in [0.1, 0.15) is 5.65 Å². The highest BCUT2D eigenvalue weighted by atomic mass is 15.0. The number of benzene rings is 2. The number of aromatic nitrogens is 2. The number of rotatable bonds is 0. The average molecular weight is 256 g/mol. The first-order chi connectivity index (χ1) is 9.84. The monoisotopic (exact) mass is 256 g/mol. The van der Waals surface area contributed by atoms with Gasteiger partial charge in [0.2, 0.25) is 0 Å². The van der Waals surface area contributed by atoms with Crippen LogP contribution in [0.4, 0.5) is 0 Å². The van der Waals surface area contributed by atoms with Crippen LogP contribution in [-0.2, 0) is 0 Å². The summed E-state index contributed by atoms with van der Waals surface area (Å²) in [5.41, 5.74) is 4.66. The Morgan fingerprint density at radius 1 is 0.750 bits per heavy atom. The van der Waals surface area contributed by atoms with Gasteiger partial charge in [-0.2, -0.15) is 0 Å². The quantitative estimate of drug-likeness (QED) is 0.397. The van der Waals surface area contributed by atoms with Crippen molar-refractivity contribution < 1.29 is 0 Å². The van der Waals surface area contributed by atoms with E-state index in [0.717, 1.165) is 11.3 Å². The van der Waals surface area contributed by atoms with Crippen molar-refractivity contribution in [3.05, 3.63) is 60.3 Å². The molecular formula is C18H12N2. The van der Waals surface area contributed by atoms with Gasteiger partial charge in [0, 0.05) is 27.2 Å². The summed E-state index contributed by atoms with van der Waals surface area (Å²) in [4.78, 5) is 4.78. The van der Waals surface area contributed by atoms with Crippen LogP contribution in [0.15, 0.2) is 54.6 Å². The molecule has 2 aromatic carbocycles. The first-order valence-corrected chi connectivity index (χ1v) is 6.85. The van der Waals surface area contributed by atoms with Crippen LogP contribution in [-0.4, -0.2) is 9.38 Å². The largest absolute Gasteiger partial charge is 0.293 e. The topological polar surface area (TPSA) is 17.3 Å². The number of para-hydroxylation sites is 2. The van der Waals surface area contributed by atoms with E-state index in [1.54, 1.807) is 0 Å². The number of hydrogen-bond donors (Lipinski definition) is 0. The average Bonchev–Trinajstić information content (AvgIpc) is 2.98. The number of aryl methyl sites for hydroxylation is 1. The minimum atomic E-state index is 1.06. The van der Waals surface area contributed by atoms with Gasteiger partial charge in [0.15, 0.2) is 0 Å². The van der Waals surface area contributed by atoms with Crippen molar-refractivity contribution in [1.82, 2.24) is 9.38 Å². The summed E-state index contributed by atoms with van der Waals surface area (Å²) >= 11 is 0. The number of nitrogens with zero attached hydrogens (tertiary/aromatic N) is 2. The Hall–Kier alpha value is -2.61. The van der Waals surface area contributed by atoms with Gasteiger partial charge in [-0.25, -0.2) is 4.98 Å². The third-order valence-corrected chi connectivity index (χ3v) is 4.21. The van der Waals surface area contributed by atoms with Gasteiger partial charge in [0.25, 0.3) is 0 Å². The van der Waals surface area contributed by atoms with Crippen molar-refractivity contribution in [2.24, 2.45) is 0 Å². The van der Waals surface area contributed by atoms with Crippen molar-refractivity contribution in [3.63, 3.8) is 0 Å². The molecule has 0 aliphatic rings. The molecule has 0 N–H and O–H groups in total. The molecule has 0 fully saturated rings. The molecule has 94 valence electrons. The fourth-order valence-electron chi connectivity index (χ4n) is 3.38. The molecule has 5 rings (SSSR count). The highest BCUT2D eigenvalue weighted by molar-refractivity contribution is 6.22. The molecule has 2 heteroatoms. The first kappa shape index (κ1) is 10.2. The maximum absolute atomic E-state index is 4.78. The molecule has 0 saturated heterocycles. The van der Waals surface area contributed by atoms with Crippen molar-refractivity contribution >= 4 is 38.2 Å². The Bertz CT molecular complexity index is 1100. The summed E-state index contributed by atoms with van der Waals surface area (Å²) in [5.74, 6) is 0. The number of pyridine rings is 1. The predicted molar refractivity (Wildman–Crippen MR) is 83.6 cm³/mol. The summed E-state index contributed by atoms with van der Waals surface area (Å²) in [6.07, 6.45) is 0. The lowest BCUT2D eigenvalue weighted by molar-refractivity contribution is 1.19. The second kappa shape index (κ2) is 3.28. The van der Waals surface area contributed by atoms with Gasteiger partial charge in [0.05, 0.1) is 11.0 Å². The molecule has 3 heterocycles. The molecule has 0 aliphatic carbocycles. The minimum absolute atomic E-state index is 1.06. The zero-order valence-corrected chi connectivity index (χ0v) is 11.1. The van der Waals surface area contributed by atoms with E-state index in [1.165, 1.54) is 32.6 Å². The van der Waals surface area contributed by atoms with Crippen LogP contribution >= 0.6 is 0 Å².